The van der Waals surface area contributed by atoms with Gasteiger partial charge in [-0.2, -0.15) is 13.2 Å². The Kier molecular flexibility index (Phi) is 5.33. The molecule has 0 saturated carbocycles. The Morgan fingerprint density at radius 1 is 1.11 bits per heavy atom. The highest BCUT2D eigenvalue weighted by Crippen LogP contribution is 2.31. The number of aromatic nitrogens is 1. The first-order chi connectivity index (χ1) is 12.7. The summed E-state index contributed by atoms with van der Waals surface area (Å²) in [7, 11) is 0. The van der Waals surface area contributed by atoms with Crippen molar-refractivity contribution in [3.63, 3.8) is 0 Å². The van der Waals surface area contributed by atoms with Crippen molar-refractivity contribution in [1.82, 2.24) is 4.98 Å². The van der Waals surface area contributed by atoms with Crippen LogP contribution in [0.5, 0.6) is 5.75 Å². The number of aryl methyl sites for hydroxylation is 1. The normalized spacial score (nSPS) is 12.8. The molecular formula is C18H13F3NO4S-. The Balaban J connectivity index is 1.71. The molecule has 0 bridgehead atoms. The maximum atomic E-state index is 12.6. The molecule has 3 rings (SSSR count). The molecule has 0 aliphatic carbocycles. The molecule has 1 heterocycles. The van der Waals surface area contributed by atoms with Gasteiger partial charge in [-0.1, -0.05) is 0 Å². The molecule has 3 aromatic rings. The van der Waals surface area contributed by atoms with Gasteiger partial charge < -0.3 is 13.7 Å². The minimum Gasteiger partial charge on any atom is -0.768 e. The molecule has 0 aliphatic rings. The van der Waals surface area contributed by atoms with Crippen LogP contribution in [0.3, 0.4) is 0 Å². The Morgan fingerprint density at radius 3 is 2.30 bits per heavy atom. The van der Waals surface area contributed by atoms with Crippen LogP contribution in [0.1, 0.15) is 17.0 Å². The first kappa shape index (κ1) is 19.1. The van der Waals surface area contributed by atoms with Gasteiger partial charge in [-0.05, 0) is 66.5 Å². The highest BCUT2D eigenvalue weighted by atomic mass is 32.2. The Morgan fingerprint density at radius 2 is 1.74 bits per heavy atom. The third kappa shape index (κ3) is 4.55. The molecule has 1 unspecified atom stereocenters. The topological polar surface area (TPSA) is 75.4 Å². The van der Waals surface area contributed by atoms with Gasteiger partial charge in [0, 0.05) is 10.5 Å². The summed E-state index contributed by atoms with van der Waals surface area (Å²) in [6.07, 6.45) is -4.40. The van der Waals surface area contributed by atoms with E-state index < -0.39 is 22.8 Å². The van der Waals surface area contributed by atoms with Crippen LogP contribution in [0, 0.1) is 6.92 Å². The summed E-state index contributed by atoms with van der Waals surface area (Å²) in [5, 5.41) is 0. The summed E-state index contributed by atoms with van der Waals surface area (Å²) in [4.78, 5) is 4.40. The molecule has 1 aromatic heterocycles. The predicted octanol–water partition coefficient (Wildman–Crippen LogP) is 4.49. The van der Waals surface area contributed by atoms with Crippen molar-refractivity contribution in [2.45, 2.75) is 24.6 Å². The van der Waals surface area contributed by atoms with Gasteiger partial charge in [-0.3, -0.25) is 4.21 Å². The zero-order valence-corrected chi connectivity index (χ0v) is 14.8. The molecule has 27 heavy (non-hydrogen) atoms. The number of ether oxygens (including phenoxy) is 1. The number of rotatable bonds is 5. The van der Waals surface area contributed by atoms with E-state index in [0.717, 1.165) is 12.1 Å². The number of oxazole rings is 1. The van der Waals surface area contributed by atoms with Gasteiger partial charge in [0.1, 0.15) is 23.8 Å². The van der Waals surface area contributed by atoms with Crippen molar-refractivity contribution in [2.24, 2.45) is 0 Å². The number of alkyl halides is 3. The monoisotopic (exact) mass is 396 g/mol. The SMILES string of the molecule is Cc1oc(-c2ccc(C(F)(F)F)cc2)nc1COc1ccc(S(=O)[O-])cc1. The number of nitrogens with zero attached hydrogens (tertiary/aromatic N) is 1. The highest BCUT2D eigenvalue weighted by molar-refractivity contribution is 7.79. The molecular weight excluding hydrogens is 383 g/mol. The van der Waals surface area contributed by atoms with Crippen LogP contribution in [-0.2, 0) is 23.9 Å². The molecule has 0 radical (unpaired) electrons. The van der Waals surface area contributed by atoms with E-state index in [-0.39, 0.29) is 17.4 Å². The first-order valence-electron chi connectivity index (χ1n) is 7.70. The summed E-state index contributed by atoms with van der Waals surface area (Å²) < 4.78 is 70.6. The molecule has 0 aliphatic heterocycles. The number of hydrogen-bond donors (Lipinski definition) is 0. The summed E-state index contributed by atoms with van der Waals surface area (Å²) in [6.45, 7) is 1.73. The van der Waals surface area contributed by atoms with Crippen molar-refractivity contribution < 1.29 is 31.1 Å². The largest absolute Gasteiger partial charge is 0.768 e. The maximum Gasteiger partial charge on any atom is 0.416 e. The number of hydrogen-bond acceptors (Lipinski definition) is 5. The lowest BCUT2D eigenvalue weighted by Crippen LogP contribution is -2.04. The zero-order chi connectivity index (χ0) is 19.6. The summed E-state index contributed by atoms with van der Waals surface area (Å²) in [5.41, 5.74) is 0.154. The Labute approximate surface area is 155 Å². The molecule has 0 amide bonds. The fourth-order valence-corrected chi connectivity index (χ4v) is 2.64. The molecule has 0 fully saturated rings. The third-order valence-electron chi connectivity index (χ3n) is 3.74. The Bertz CT molecular complexity index is 950. The lowest BCUT2D eigenvalue weighted by atomic mass is 10.1. The molecule has 2 aromatic carbocycles. The predicted molar refractivity (Wildman–Crippen MR) is 89.6 cm³/mol. The van der Waals surface area contributed by atoms with Crippen LogP contribution in [0.25, 0.3) is 11.5 Å². The van der Waals surface area contributed by atoms with Gasteiger partial charge in [0.2, 0.25) is 5.89 Å². The summed E-state index contributed by atoms with van der Waals surface area (Å²) >= 11 is -2.31. The van der Waals surface area contributed by atoms with Crippen molar-refractivity contribution in [3.8, 4) is 17.2 Å². The van der Waals surface area contributed by atoms with Crippen LogP contribution in [0.2, 0.25) is 0 Å². The van der Waals surface area contributed by atoms with Gasteiger partial charge in [-0.15, -0.1) is 0 Å². The van der Waals surface area contributed by atoms with Crippen LogP contribution >= 0.6 is 0 Å². The van der Waals surface area contributed by atoms with Crippen LogP contribution in [-0.4, -0.2) is 13.7 Å². The van der Waals surface area contributed by atoms with E-state index in [1.165, 1.54) is 36.4 Å². The van der Waals surface area contributed by atoms with E-state index in [1.807, 2.05) is 0 Å². The van der Waals surface area contributed by atoms with E-state index in [4.69, 9.17) is 9.15 Å². The molecule has 0 spiro atoms. The van der Waals surface area contributed by atoms with Gasteiger partial charge in [-0.25, -0.2) is 4.98 Å². The van der Waals surface area contributed by atoms with Crippen molar-refractivity contribution >= 4 is 11.1 Å². The first-order valence-corrected chi connectivity index (χ1v) is 8.77. The summed E-state index contributed by atoms with van der Waals surface area (Å²) in [6, 6.07) is 10.3. The molecule has 1 atom stereocenters. The van der Waals surface area contributed by atoms with Gasteiger partial charge in [0.25, 0.3) is 0 Å². The minimum atomic E-state index is -4.40. The number of halogens is 3. The molecule has 9 heteroatoms. The molecule has 5 nitrogen and oxygen atoms in total. The lowest BCUT2D eigenvalue weighted by molar-refractivity contribution is -0.137. The average Bonchev–Trinajstić information content (AvgIpc) is 3.00. The minimum absolute atomic E-state index is 0.0653. The third-order valence-corrected chi connectivity index (χ3v) is 4.40. The fraction of sp³-hybridized carbons (Fsp3) is 0.167. The second-order valence-corrected chi connectivity index (χ2v) is 6.53. The molecule has 142 valence electrons. The van der Waals surface area contributed by atoms with Crippen molar-refractivity contribution in [1.29, 1.82) is 0 Å². The maximum absolute atomic E-state index is 12.6. The molecule has 0 N–H and O–H groups in total. The van der Waals surface area contributed by atoms with Gasteiger partial charge in [0.05, 0.1) is 5.56 Å². The lowest BCUT2D eigenvalue weighted by Gasteiger charge is -2.07. The highest BCUT2D eigenvalue weighted by Gasteiger charge is 2.30. The van der Waals surface area contributed by atoms with E-state index >= 15 is 0 Å². The van der Waals surface area contributed by atoms with Crippen molar-refractivity contribution in [3.05, 3.63) is 65.5 Å². The summed E-state index contributed by atoms with van der Waals surface area (Å²) in [5.74, 6) is 1.11. The van der Waals surface area contributed by atoms with E-state index in [1.54, 1.807) is 6.92 Å². The van der Waals surface area contributed by atoms with Gasteiger partial charge >= 0.3 is 6.18 Å². The van der Waals surface area contributed by atoms with Crippen LogP contribution < -0.4 is 4.74 Å². The van der Waals surface area contributed by atoms with Gasteiger partial charge in [0.15, 0.2) is 0 Å². The van der Waals surface area contributed by atoms with E-state index in [0.29, 0.717) is 22.8 Å². The Hall–Kier alpha value is -2.65. The van der Waals surface area contributed by atoms with E-state index in [2.05, 4.69) is 4.98 Å². The average molecular weight is 396 g/mol. The fourth-order valence-electron chi connectivity index (χ4n) is 2.29. The zero-order valence-electron chi connectivity index (χ0n) is 13.9. The second kappa shape index (κ2) is 7.53. The van der Waals surface area contributed by atoms with Crippen LogP contribution in [0.4, 0.5) is 13.2 Å². The van der Waals surface area contributed by atoms with E-state index in [9.17, 15) is 21.9 Å². The number of benzene rings is 2. The quantitative estimate of drug-likeness (QED) is 0.594. The standard InChI is InChI=1S/C18H14F3NO4S/c1-11-16(10-25-14-6-8-15(9-7-14)27(23)24)22-17(26-11)12-2-4-13(5-3-12)18(19,20)21/h2-9H,10H2,1H3,(H,23,24)/p-1. The van der Waals surface area contributed by atoms with Crippen molar-refractivity contribution in [2.75, 3.05) is 0 Å². The second-order valence-electron chi connectivity index (χ2n) is 5.59. The smallest absolute Gasteiger partial charge is 0.416 e. The molecule has 0 saturated heterocycles. The van der Waals surface area contributed by atoms with Crippen LogP contribution in [0.15, 0.2) is 57.8 Å².